The third kappa shape index (κ3) is 1.52. The molecule has 0 spiro atoms. The molecule has 0 bridgehead atoms. The number of hydrogen-bond donors (Lipinski definition) is 1. The highest BCUT2D eigenvalue weighted by molar-refractivity contribution is 5.71. The first kappa shape index (κ1) is 9.58. The quantitative estimate of drug-likeness (QED) is 0.724. The Morgan fingerprint density at radius 3 is 1.69 bits per heavy atom. The lowest BCUT2D eigenvalue weighted by atomic mass is 9.97. The van der Waals surface area contributed by atoms with Crippen LogP contribution in [0, 0.1) is 0 Å². The van der Waals surface area contributed by atoms with Gasteiger partial charge in [0, 0.05) is 13.1 Å². The molecule has 1 N–H and O–H groups in total. The van der Waals surface area contributed by atoms with Gasteiger partial charge in [-0.3, -0.25) is 0 Å². The van der Waals surface area contributed by atoms with Gasteiger partial charge in [-0.2, -0.15) is 5.06 Å². The number of hydrogen-bond acceptors (Lipinski definition) is 2. The van der Waals surface area contributed by atoms with E-state index in [0.29, 0.717) is 13.1 Å². The SMILES string of the molecule is ON1Cc2ccccc2-c2ccccc2C1. The molecule has 2 aromatic carbocycles. The molecule has 2 aromatic rings. The Morgan fingerprint density at radius 2 is 1.19 bits per heavy atom. The Labute approximate surface area is 94.7 Å². The predicted octanol–water partition coefficient (Wildman–Crippen LogP) is 3.06. The fraction of sp³-hybridized carbons (Fsp3) is 0.143. The topological polar surface area (TPSA) is 23.5 Å². The lowest BCUT2D eigenvalue weighted by molar-refractivity contribution is -0.107. The standard InChI is InChI=1S/C14H13NO/c16-15-9-11-5-1-3-7-13(11)14-8-4-2-6-12(14)10-15/h1-8,16H,9-10H2. The molecule has 0 unspecified atom stereocenters. The molecule has 1 aliphatic heterocycles. The maximum Gasteiger partial charge on any atom is 0.0498 e. The third-order valence-corrected chi connectivity index (χ3v) is 3.03. The van der Waals surface area contributed by atoms with Crippen molar-refractivity contribution in [1.82, 2.24) is 5.06 Å². The first-order valence-corrected chi connectivity index (χ1v) is 5.44. The van der Waals surface area contributed by atoms with Crippen molar-refractivity contribution in [2.24, 2.45) is 0 Å². The average Bonchev–Trinajstić information content (AvgIpc) is 2.44. The van der Waals surface area contributed by atoms with E-state index in [-0.39, 0.29) is 0 Å². The molecule has 3 rings (SSSR count). The Morgan fingerprint density at radius 1 is 0.750 bits per heavy atom. The zero-order valence-electron chi connectivity index (χ0n) is 8.93. The van der Waals surface area contributed by atoms with Crippen LogP contribution < -0.4 is 0 Å². The summed E-state index contributed by atoms with van der Waals surface area (Å²) in [5, 5.41) is 11.2. The fourth-order valence-corrected chi connectivity index (χ4v) is 2.29. The zero-order valence-corrected chi connectivity index (χ0v) is 8.93. The summed E-state index contributed by atoms with van der Waals surface area (Å²) < 4.78 is 0. The van der Waals surface area contributed by atoms with E-state index in [9.17, 15) is 5.21 Å². The van der Waals surface area contributed by atoms with E-state index < -0.39 is 0 Å². The summed E-state index contributed by atoms with van der Waals surface area (Å²) in [6, 6.07) is 16.5. The van der Waals surface area contributed by atoms with Crippen molar-refractivity contribution in [3.05, 3.63) is 59.7 Å². The smallest absolute Gasteiger partial charge is 0.0498 e. The van der Waals surface area contributed by atoms with Crippen molar-refractivity contribution in [3.63, 3.8) is 0 Å². The van der Waals surface area contributed by atoms with E-state index in [1.54, 1.807) is 0 Å². The second kappa shape index (κ2) is 3.74. The van der Waals surface area contributed by atoms with Crippen molar-refractivity contribution in [1.29, 1.82) is 0 Å². The predicted molar refractivity (Wildman–Crippen MR) is 62.9 cm³/mol. The van der Waals surface area contributed by atoms with Gasteiger partial charge < -0.3 is 5.21 Å². The number of hydroxylamine groups is 2. The van der Waals surface area contributed by atoms with E-state index >= 15 is 0 Å². The highest BCUT2D eigenvalue weighted by atomic mass is 16.5. The van der Waals surface area contributed by atoms with Gasteiger partial charge in [-0.05, 0) is 22.3 Å². The first-order valence-electron chi connectivity index (χ1n) is 5.44. The van der Waals surface area contributed by atoms with Gasteiger partial charge in [-0.25, -0.2) is 0 Å². The number of nitrogens with zero attached hydrogens (tertiary/aromatic N) is 1. The van der Waals surface area contributed by atoms with Crippen molar-refractivity contribution >= 4 is 0 Å². The minimum atomic E-state index is 0.588. The first-order chi connectivity index (χ1) is 7.84. The van der Waals surface area contributed by atoms with Crippen LogP contribution in [0.5, 0.6) is 0 Å². The molecule has 0 saturated heterocycles. The maximum atomic E-state index is 9.82. The van der Waals surface area contributed by atoms with Gasteiger partial charge >= 0.3 is 0 Å². The lowest BCUT2D eigenvalue weighted by Crippen LogP contribution is -2.16. The van der Waals surface area contributed by atoms with Gasteiger partial charge in [-0.1, -0.05) is 48.5 Å². The summed E-state index contributed by atoms with van der Waals surface area (Å²) in [5.41, 5.74) is 4.81. The van der Waals surface area contributed by atoms with Crippen LogP contribution in [0.4, 0.5) is 0 Å². The van der Waals surface area contributed by atoms with E-state index in [2.05, 4.69) is 24.3 Å². The maximum absolute atomic E-state index is 9.82. The molecule has 0 radical (unpaired) electrons. The van der Waals surface area contributed by atoms with E-state index in [4.69, 9.17) is 0 Å². The van der Waals surface area contributed by atoms with E-state index in [1.165, 1.54) is 27.3 Å². The summed E-state index contributed by atoms with van der Waals surface area (Å²) in [6.07, 6.45) is 0. The normalized spacial score (nSPS) is 15.1. The molecule has 0 amide bonds. The molecule has 1 aliphatic rings. The molecule has 0 fully saturated rings. The number of fused-ring (bicyclic) bond motifs is 3. The van der Waals surface area contributed by atoms with Crippen molar-refractivity contribution in [2.75, 3.05) is 0 Å². The molecule has 0 atom stereocenters. The second-order valence-electron chi connectivity index (χ2n) is 4.14. The molecular weight excluding hydrogens is 198 g/mol. The average molecular weight is 211 g/mol. The Balaban J connectivity index is 2.26. The van der Waals surface area contributed by atoms with Gasteiger partial charge in [0.2, 0.25) is 0 Å². The van der Waals surface area contributed by atoms with Crippen LogP contribution in [0.15, 0.2) is 48.5 Å². The molecule has 0 aliphatic carbocycles. The van der Waals surface area contributed by atoms with Crippen molar-refractivity contribution in [3.8, 4) is 11.1 Å². The highest BCUT2D eigenvalue weighted by Gasteiger charge is 2.16. The minimum absolute atomic E-state index is 0.588. The Hall–Kier alpha value is -1.64. The van der Waals surface area contributed by atoms with Crippen molar-refractivity contribution in [2.45, 2.75) is 13.1 Å². The van der Waals surface area contributed by atoms with Crippen LogP contribution in [0.3, 0.4) is 0 Å². The largest absolute Gasteiger partial charge is 0.313 e. The van der Waals surface area contributed by atoms with Crippen LogP contribution in [0.2, 0.25) is 0 Å². The lowest BCUT2D eigenvalue weighted by Gasteiger charge is -2.11. The third-order valence-electron chi connectivity index (χ3n) is 3.03. The molecule has 16 heavy (non-hydrogen) atoms. The monoisotopic (exact) mass is 211 g/mol. The van der Waals surface area contributed by atoms with Crippen LogP contribution in [-0.2, 0) is 13.1 Å². The molecule has 0 saturated carbocycles. The Bertz CT molecular complexity index is 474. The fourth-order valence-electron chi connectivity index (χ4n) is 2.29. The van der Waals surface area contributed by atoms with Crippen LogP contribution in [-0.4, -0.2) is 10.3 Å². The minimum Gasteiger partial charge on any atom is -0.313 e. The molecule has 2 heteroatoms. The Kier molecular flexibility index (Phi) is 2.24. The summed E-state index contributed by atoms with van der Waals surface area (Å²) in [4.78, 5) is 0. The highest BCUT2D eigenvalue weighted by Crippen LogP contribution is 2.31. The second-order valence-corrected chi connectivity index (χ2v) is 4.14. The van der Waals surface area contributed by atoms with Gasteiger partial charge in [-0.15, -0.1) is 0 Å². The molecule has 80 valence electrons. The summed E-state index contributed by atoms with van der Waals surface area (Å²) in [7, 11) is 0. The molecule has 1 heterocycles. The van der Waals surface area contributed by atoms with Crippen molar-refractivity contribution < 1.29 is 5.21 Å². The van der Waals surface area contributed by atoms with Crippen LogP contribution in [0.25, 0.3) is 11.1 Å². The summed E-state index contributed by atoms with van der Waals surface area (Å²) in [5.74, 6) is 0. The van der Waals surface area contributed by atoms with Gasteiger partial charge in [0.25, 0.3) is 0 Å². The summed E-state index contributed by atoms with van der Waals surface area (Å²) >= 11 is 0. The number of benzene rings is 2. The van der Waals surface area contributed by atoms with Gasteiger partial charge in [0.1, 0.15) is 0 Å². The van der Waals surface area contributed by atoms with Gasteiger partial charge in [0.15, 0.2) is 0 Å². The molecule has 2 nitrogen and oxygen atoms in total. The van der Waals surface area contributed by atoms with Gasteiger partial charge in [0.05, 0.1) is 0 Å². The van der Waals surface area contributed by atoms with Crippen LogP contribution >= 0.6 is 0 Å². The summed E-state index contributed by atoms with van der Waals surface area (Å²) in [6.45, 7) is 1.18. The van der Waals surface area contributed by atoms with Crippen LogP contribution in [0.1, 0.15) is 11.1 Å². The molecular formula is C14H13NO. The van der Waals surface area contributed by atoms with E-state index in [1.807, 2.05) is 24.3 Å². The van der Waals surface area contributed by atoms with E-state index in [0.717, 1.165) is 0 Å². The number of rotatable bonds is 0. The molecule has 0 aromatic heterocycles. The zero-order chi connectivity index (χ0) is 11.0.